The van der Waals surface area contributed by atoms with Gasteiger partial charge in [0.25, 0.3) is 0 Å². The van der Waals surface area contributed by atoms with Gasteiger partial charge in [0.05, 0.1) is 0 Å². The summed E-state index contributed by atoms with van der Waals surface area (Å²) in [5, 5.41) is 14.6. The first kappa shape index (κ1) is 13.2. The average Bonchev–Trinajstić information content (AvgIpc) is 2.81. The van der Waals surface area contributed by atoms with Crippen molar-refractivity contribution in [1.82, 2.24) is 14.8 Å². The van der Waals surface area contributed by atoms with Crippen LogP contribution in [0.3, 0.4) is 0 Å². The Morgan fingerprint density at radius 3 is 2.72 bits per heavy atom. The largest absolute Gasteiger partial charge is 0.380 e. The second-order valence-electron chi connectivity index (χ2n) is 4.54. The van der Waals surface area contributed by atoms with E-state index in [0.717, 1.165) is 15.6 Å². The lowest BCUT2D eigenvalue weighted by molar-refractivity contribution is 0.199. The van der Waals surface area contributed by atoms with Crippen molar-refractivity contribution in [2.45, 2.75) is 32.9 Å². The Hall–Kier alpha value is -1.20. The Balaban J connectivity index is 2.45. The molecule has 1 N–H and O–H groups in total. The number of rotatable bonds is 3. The van der Waals surface area contributed by atoms with Crippen LogP contribution in [0.1, 0.15) is 42.9 Å². The minimum Gasteiger partial charge on any atom is -0.380 e. The Kier molecular flexibility index (Phi) is 3.82. The number of aryl methyl sites for hydroxylation is 1. The molecule has 1 unspecified atom stereocenters. The quantitative estimate of drug-likeness (QED) is 0.948. The standard InChI is InChI=1S/C13H16BrN3O/c1-8(2)17-13(15-7-16-17)12(18)10-6-4-5-9(3)11(10)14/h4-8,12,18H,1-3H3. The average molecular weight is 310 g/mol. The second kappa shape index (κ2) is 5.20. The molecule has 1 aromatic carbocycles. The van der Waals surface area contributed by atoms with E-state index in [9.17, 15) is 5.11 Å². The van der Waals surface area contributed by atoms with Crippen molar-refractivity contribution in [3.63, 3.8) is 0 Å². The minimum atomic E-state index is -0.774. The van der Waals surface area contributed by atoms with E-state index in [2.05, 4.69) is 26.0 Å². The van der Waals surface area contributed by atoms with E-state index in [-0.39, 0.29) is 6.04 Å². The van der Waals surface area contributed by atoms with Crippen LogP contribution in [-0.2, 0) is 0 Å². The van der Waals surface area contributed by atoms with E-state index < -0.39 is 6.10 Å². The molecule has 1 aromatic heterocycles. The molecule has 0 spiro atoms. The van der Waals surface area contributed by atoms with Crippen LogP contribution < -0.4 is 0 Å². The Morgan fingerprint density at radius 1 is 1.33 bits per heavy atom. The van der Waals surface area contributed by atoms with Crippen molar-refractivity contribution in [2.75, 3.05) is 0 Å². The molecule has 2 aromatic rings. The van der Waals surface area contributed by atoms with E-state index in [1.807, 2.05) is 39.0 Å². The van der Waals surface area contributed by atoms with E-state index in [0.29, 0.717) is 5.82 Å². The number of aliphatic hydroxyl groups excluding tert-OH is 1. The van der Waals surface area contributed by atoms with Crippen LogP contribution in [0.4, 0.5) is 0 Å². The second-order valence-corrected chi connectivity index (χ2v) is 5.33. The summed E-state index contributed by atoms with van der Waals surface area (Å²) in [6, 6.07) is 5.98. The van der Waals surface area contributed by atoms with Crippen LogP contribution in [-0.4, -0.2) is 19.9 Å². The number of benzene rings is 1. The first-order chi connectivity index (χ1) is 8.52. The zero-order valence-corrected chi connectivity index (χ0v) is 12.2. The number of halogens is 1. The number of hydrogen-bond acceptors (Lipinski definition) is 3. The predicted molar refractivity (Wildman–Crippen MR) is 73.3 cm³/mol. The molecule has 1 heterocycles. The number of aliphatic hydroxyl groups is 1. The molecule has 96 valence electrons. The van der Waals surface area contributed by atoms with Crippen molar-refractivity contribution in [2.24, 2.45) is 0 Å². The Bertz CT molecular complexity index is 551. The highest BCUT2D eigenvalue weighted by atomic mass is 79.9. The molecule has 0 aliphatic heterocycles. The molecule has 0 saturated heterocycles. The van der Waals surface area contributed by atoms with Crippen LogP contribution in [0.15, 0.2) is 29.0 Å². The zero-order valence-electron chi connectivity index (χ0n) is 10.6. The molecule has 1 atom stereocenters. The van der Waals surface area contributed by atoms with E-state index in [1.165, 1.54) is 6.33 Å². The van der Waals surface area contributed by atoms with Gasteiger partial charge in [0.15, 0.2) is 5.82 Å². The molecular formula is C13H16BrN3O. The Morgan fingerprint density at radius 2 is 2.06 bits per heavy atom. The molecule has 0 amide bonds. The third kappa shape index (κ3) is 2.33. The van der Waals surface area contributed by atoms with E-state index in [1.54, 1.807) is 4.68 Å². The van der Waals surface area contributed by atoms with Gasteiger partial charge in [-0.25, -0.2) is 9.67 Å². The van der Waals surface area contributed by atoms with E-state index >= 15 is 0 Å². The fraction of sp³-hybridized carbons (Fsp3) is 0.385. The number of nitrogens with zero attached hydrogens (tertiary/aromatic N) is 3. The molecule has 0 aliphatic carbocycles. The van der Waals surface area contributed by atoms with Gasteiger partial charge in [-0.1, -0.05) is 34.1 Å². The van der Waals surface area contributed by atoms with Gasteiger partial charge in [-0.05, 0) is 26.3 Å². The fourth-order valence-corrected chi connectivity index (χ4v) is 2.35. The fourth-order valence-electron chi connectivity index (χ4n) is 1.87. The van der Waals surface area contributed by atoms with Gasteiger partial charge in [0.2, 0.25) is 0 Å². The lowest BCUT2D eigenvalue weighted by atomic mass is 10.1. The minimum absolute atomic E-state index is 0.167. The SMILES string of the molecule is Cc1cccc(C(O)c2ncnn2C(C)C)c1Br. The van der Waals surface area contributed by atoms with Crippen LogP contribution in [0.2, 0.25) is 0 Å². The Labute approximate surface area is 115 Å². The predicted octanol–water partition coefficient (Wildman–Crippen LogP) is 3.01. The summed E-state index contributed by atoms with van der Waals surface area (Å²) in [5.74, 6) is 0.566. The van der Waals surface area contributed by atoms with Crippen molar-refractivity contribution in [1.29, 1.82) is 0 Å². The van der Waals surface area contributed by atoms with Gasteiger partial charge in [-0.15, -0.1) is 0 Å². The topological polar surface area (TPSA) is 50.9 Å². The lowest BCUT2D eigenvalue weighted by Crippen LogP contribution is -2.13. The molecule has 2 rings (SSSR count). The highest BCUT2D eigenvalue weighted by Crippen LogP contribution is 2.30. The van der Waals surface area contributed by atoms with Gasteiger partial charge < -0.3 is 5.11 Å². The van der Waals surface area contributed by atoms with Crippen LogP contribution >= 0.6 is 15.9 Å². The number of hydrogen-bond donors (Lipinski definition) is 1. The summed E-state index contributed by atoms with van der Waals surface area (Å²) in [6.45, 7) is 6.01. The summed E-state index contributed by atoms with van der Waals surface area (Å²) in [6.07, 6.45) is 0.701. The van der Waals surface area contributed by atoms with Crippen LogP contribution in [0.25, 0.3) is 0 Å². The lowest BCUT2D eigenvalue weighted by Gasteiger charge is -2.16. The van der Waals surface area contributed by atoms with Gasteiger partial charge in [0, 0.05) is 16.1 Å². The van der Waals surface area contributed by atoms with Crippen LogP contribution in [0, 0.1) is 6.92 Å². The normalized spacial score (nSPS) is 13.0. The van der Waals surface area contributed by atoms with Crippen molar-refractivity contribution >= 4 is 15.9 Å². The molecule has 0 bridgehead atoms. The smallest absolute Gasteiger partial charge is 0.160 e. The molecular weight excluding hydrogens is 294 g/mol. The molecule has 18 heavy (non-hydrogen) atoms. The maximum absolute atomic E-state index is 10.5. The van der Waals surface area contributed by atoms with Gasteiger partial charge in [-0.3, -0.25) is 0 Å². The summed E-state index contributed by atoms with van der Waals surface area (Å²) in [7, 11) is 0. The first-order valence-electron chi connectivity index (χ1n) is 5.85. The van der Waals surface area contributed by atoms with Gasteiger partial charge in [0.1, 0.15) is 12.4 Å². The number of aromatic nitrogens is 3. The van der Waals surface area contributed by atoms with Crippen molar-refractivity contribution < 1.29 is 5.11 Å². The molecule has 0 radical (unpaired) electrons. The highest BCUT2D eigenvalue weighted by molar-refractivity contribution is 9.10. The molecule has 0 saturated carbocycles. The van der Waals surface area contributed by atoms with Crippen molar-refractivity contribution in [3.05, 3.63) is 46.0 Å². The first-order valence-corrected chi connectivity index (χ1v) is 6.64. The summed E-state index contributed by atoms with van der Waals surface area (Å²) >= 11 is 3.51. The van der Waals surface area contributed by atoms with Crippen LogP contribution in [0.5, 0.6) is 0 Å². The molecule has 4 nitrogen and oxygen atoms in total. The third-order valence-corrected chi connectivity index (χ3v) is 3.93. The molecule has 5 heteroatoms. The zero-order chi connectivity index (χ0) is 13.3. The maximum Gasteiger partial charge on any atom is 0.160 e. The molecule has 0 fully saturated rings. The van der Waals surface area contributed by atoms with Crippen molar-refractivity contribution in [3.8, 4) is 0 Å². The summed E-state index contributed by atoms with van der Waals surface area (Å²) in [5.41, 5.74) is 1.90. The maximum atomic E-state index is 10.5. The highest BCUT2D eigenvalue weighted by Gasteiger charge is 2.21. The monoisotopic (exact) mass is 309 g/mol. The van der Waals surface area contributed by atoms with Gasteiger partial charge in [-0.2, -0.15) is 5.10 Å². The van der Waals surface area contributed by atoms with Gasteiger partial charge >= 0.3 is 0 Å². The summed E-state index contributed by atoms with van der Waals surface area (Å²) < 4.78 is 2.65. The molecule has 0 aliphatic rings. The van der Waals surface area contributed by atoms with E-state index in [4.69, 9.17) is 0 Å². The summed E-state index contributed by atoms with van der Waals surface area (Å²) in [4.78, 5) is 4.17. The third-order valence-electron chi connectivity index (χ3n) is 2.85.